The summed E-state index contributed by atoms with van der Waals surface area (Å²) in [6, 6.07) is 12.0. The SMILES string of the molecule is O=C(NCC1CNC1)c1ccc(-c2ccc(Br)cc2)s1. The summed E-state index contributed by atoms with van der Waals surface area (Å²) in [5.74, 6) is 0.620. The van der Waals surface area contributed by atoms with Gasteiger partial charge in [0.15, 0.2) is 0 Å². The van der Waals surface area contributed by atoms with E-state index in [1.807, 2.05) is 24.3 Å². The van der Waals surface area contributed by atoms with E-state index in [1.54, 1.807) is 0 Å². The summed E-state index contributed by atoms with van der Waals surface area (Å²) in [5.41, 5.74) is 1.14. The maximum Gasteiger partial charge on any atom is 0.261 e. The molecular weight excluding hydrogens is 336 g/mol. The highest BCUT2D eigenvalue weighted by Gasteiger charge is 2.18. The third-order valence-electron chi connectivity index (χ3n) is 3.38. The van der Waals surface area contributed by atoms with Crippen LogP contribution in [0.3, 0.4) is 0 Å². The van der Waals surface area contributed by atoms with Crippen LogP contribution in [-0.2, 0) is 0 Å². The van der Waals surface area contributed by atoms with Crippen molar-refractivity contribution in [1.82, 2.24) is 10.6 Å². The fraction of sp³-hybridized carbons (Fsp3) is 0.267. The topological polar surface area (TPSA) is 41.1 Å². The molecule has 1 aliphatic heterocycles. The molecular formula is C15H15BrN2OS. The van der Waals surface area contributed by atoms with E-state index in [4.69, 9.17) is 0 Å². The van der Waals surface area contributed by atoms with Gasteiger partial charge >= 0.3 is 0 Å². The second-order valence-corrected chi connectivity index (χ2v) is 6.90. The highest BCUT2D eigenvalue weighted by molar-refractivity contribution is 9.10. The number of rotatable bonds is 4. The van der Waals surface area contributed by atoms with Crippen LogP contribution < -0.4 is 10.6 Å². The molecule has 1 aromatic heterocycles. The van der Waals surface area contributed by atoms with Crippen LogP contribution >= 0.6 is 27.3 Å². The number of benzene rings is 1. The molecule has 0 bridgehead atoms. The van der Waals surface area contributed by atoms with Crippen molar-refractivity contribution < 1.29 is 4.79 Å². The Bertz CT molecular complexity index is 605. The lowest BCUT2D eigenvalue weighted by Crippen LogP contribution is -2.48. The second-order valence-electron chi connectivity index (χ2n) is 4.91. The van der Waals surface area contributed by atoms with Gasteiger partial charge in [-0.15, -0.1) is 11.3 Å². The monoisotopic (exact) mass is 350 g/mol. The highest BCUT2D eigenvalue weighted by atomic mass is 79.9. The van der Waals surface area contributed by atoms with Gasteiger partial charge in [0.05, 0.1) is 4.88 Å². The number of carbonyl (C=O) groups excluding carboxylic acids is 1. The van der Waals surface area contributed by atoms with E-state index in [0.29, 0.717) is 5.92 Å². The first-order valence-electron chi connectivity index (χ1n) is 6.57. The number of nitrogens with one attached hydrogen (secondary N) is 2. The summed E-state index contributed by atoms with van der Waals surface area (Å²) in [6.45, 7) is 2.78. The molecule has 3 rings (SSSR count). The average molecular weight is 351 g/mol. The van der Waals surface area contributed by atoms with E-state index in [-0.39, 0.29) is 5.91 Å². The molecule has 1 amide bonds. The van der Waals surface area contributed by atoms with Gasteiger partial charge in [0, 0.05) is 34.9 Å². The number of amides is 1. The molecule has 0 unspecified atom stereocenters. The fourth-order valence-electron chi connectivity index (χ4n) is 2.05. The van der Waals surface area contributed by atoms with Crippen molar-refractivity contribution >= 4 is 33.2 Å². The lowest BCUT2D eigenvalue weighted by molar-refractivity contribution is 0.0946. The molecule has 2 aromatic rings. The minimum Gasteiger partial charge on any atom is -0.351 e. The molecule has 0 radical (unpaired) electrons. The Hall–Kier alpha value is -1.17. The lowest BCUT2D eigenvalue weighted by atomic mass is 10.0. The molecule has 5 heteroatoms. The van der Waals surface area contributed by atoms with E-state index in [1.165, 1.54) is 11.3 Å². The zero-order valence-electron chi connectivity index (χ0n) is 10.9. The highest BCUT2D eigenvalue weighted by Crippen LogP contribution is 2.29. The van der Waals surface area contributed by atoms with Crippen molar-refractivity contribution in [3.63, 3.8) is 0 Å². The van der Waals surface area contributed by atoms with Crippen LogP contribution in [0.4, 0.5) is 0 Å². The molecule has 2 heterocycles. The van der Waals surface area contributed by atoms with E-state index < -0.39 is 0 Å². The smallest absolute Gasteiger partial charge is 0.261 e. The summed E-state index contributed by atoms with van der Waals surface area (Å²) in [4.78, 5) is 14.0. The van der Waals surface area contributed by atoms with Gasteiger partial charge in [0.1, 0.15) is 0 Å². The van der Waals surface area contributed by atoms with Gasteiger partial charge in [-0.3, -0.25) is 4.79 Å². The summed E-state index contributed by atoms with van der Waals surface area (Å²) < 4.78 is 1.06. The minimum atomic E-state index is 0.0326. The van der Waals surface area contributed by atoms with Gasteiger partial charge in [-0.25, -0.2) is 0 Å². The van der Waals surface area contributed by atoms with Crippen molar-refractivity contribution in [3.8, 4) is 10.4 Å². The summed E-state index contributed by atoms with van der Waals surface area (Å²) in [5, 5.41) is 6.20. The summed E-state index contributed by atoms with van der Waals surface area (Å²) in [6.07, 6.45) is 0. The van der Waals surface area contributed by atoms with Gasteiger partial charge < -0.3 is 10.6 Å². The Morgan fingerprint density at radius 1 is 1.25 bits per heavy atom. The number of hydrogen-bond acceptors (Lipinski definition) is 3. The minimum absolute atomic E-state index is 0.0326. The fourth-order valence-corrected chi connectivity index (χ4v) is 3.24. The van der Waals surface area contributed by atoms with Crippen molar-refractivity contribution in [3.05, 3.63) is 45.7 Å². The van der Waals surface area contributed by atoms with Gasteiger partial charge in [0.2, 0.25) is 0 Å². The number of thiophene rings is 1. The van der Waals surface area contributed by atoms with Gasteiger partial charge in [-0.2, -0.15) is 0 Å². The predicted octanol–water partition coefficient (Wildman–Crippen LogP) is 3.13. The zero-order chi connectivity index (χ0) is 13.9. The van der Waals surface area contributed by atoms with Gasteiger partial charge in [0.25, 0.3) is 5.91 Å². The van der Waals surface area contributed by atoms with Crippen molar-refractivity contribution in [2.45, 2.75) is 0 Å². The van der Waals surface area contributed by atoms with Crippen LogP contribution in [-0.4, -0.2) is 25.5 Å². The lowest BCUT2D eigenvalue weighted by Gasteiger charge is -2.26. The molecule has 104 valence electrons. The Kier molecular flexibility index (Phi) is 4.19. The molecule has 2 N–H and O–H groups in total. The van der Waals surface area contributed by atoms with Crippen LogP contribution in [0.15, 0.2) is 40.9 Å². The van der Waals surface area contributed by atoms with E-state index in [9.17, 15) is 4.79 Å². The van der Waals surface area contributed by atoms with Crippen molar-refractivity contribution in [2.75, 3.05) is 19.6 Å². The quantitative estimate of drug-likeness (QED) is 0.889. The molecule has 0 aliphatic carbocycles. The molecule has 20 heavy (non-hydrogen) atoms. The molecule has 1 aromatic carbocycles. The Morgan fingerprint density at radius 3 is 2.65 bits per heavy atom. The standard InChI is InChI=1S/C15H15BrN2OS/c16-12-3-1-11(2-4-12)13-5-6-14(20-13)15(19)18-9-10-7-17-8-10/h1-6,10,17H,7-9H2,(H,18,19). The number of halogens is 1. The molecule has 0 saturated carbocycles. The molecule has 1 aliphatic rings. The predicted molar refractivity (Wildman–Crippen MR) is 86.1 cm³/mol. The third-order valence-corrected chi connectivity index (χ3v) is 5.04. The number of carbonyl (C=O) groups is 1. The maximum absolute atomic E-state index is 12.1. The normalized spacial score (nSPS) is 14.8. The van der Waals surface area contributed by atoms with Crippen LogP contribution in [0.5, 0.6) is 0 Å². The Balaban J connectivity index is 1.66. The van der Waals surface area contributed by atoms with Crippen molar-refractivity contribution in [1.29, 1.82) is 0 Å². The first-order valence-corrected chi connectivity index (χ1v) is 8.18. The zero-order valence-corrected chi connectivity index (χ0v) is 13.3. The van der Waals surface area contributed by atoms with E-state index in [0.717, 1.165) is 39.4 Å². The molecule has 1 saturated heterocycles. The Morgan fingerprint density at radius 2 is 2.00 bits per heavy atom. The van der Waals surface area contributed by atoms with Gasteiger partial charge in [-0.05, 0) is 29.8 Å². The second kappa shape index (κ2) is 6.08. The maximum atomic E-state index is 12.1. The summed E-state index contributed by atoms with van der Waals surface area (Å²) in [7, 11) is 0. The molecule has 1 fully saturated rings. The molecule has 0 spiro atoms. The van der Waals surface area contributed by atoms with Crippen LogP contribution in [0.2, 0.25) is 0 Å². The largest absolute Gasteiger partial charge is 0.351 e. The summed E-state index contributed by atoms with van der Waals surface area (Å²) >= 11 is 4.96. The first kappa shape index (κ1) is 13.8. The van der Waals surface area contributed by atoms with Crippen LogP contribution in [0, 0.1) is 5.92 Å². The molecule has 0 atom stereocenters. The van der Waals surface area contributed by atoms with Gasteiger partial charge in [-0.1, -0.05) is 28.1 Å². The average Bonchev–Trinajstić information content (AvgIpc) is 2.87. The first-order chi connectivity index (χ1) is 9.72. The van der Waals surface area contributed by atoms with E-state index >= 15 is 0 Å². The third kappa shape index (κ3) is 3.11. The van der Waals surface area contributed by atoms with Crippen molar-refractivity contribution in [2.24, 2.45) is 5.92 Å². The van der Waals surface area contributed by atoms with E-state index in [2.05, 4.69) is 38.7 Å². The Labute approximate surface area is 130 Å². The van der Waals surface area contributed by atoms with Crippen LogP contribution in [0.1, 0.15) is 9.67 Å². The molecule has 3 nitrogen and oxygen atoms in total. The van der Waals surface area contributed by atoms with Crippen LogP contribution in [0.25, 0.3) is 10.4 Å². The number of hydrogen-bond donors (Lipinski definition) is 2.